The van der Waals surface area contributed by atoms with Gasteiger partial charge >= 0.3 is 0 Å². The number of nitrogens with zero attached hydrogens (tertiary/aromatic N) is 2. The van der Waals surface area contributed by atoms with Gasteiger partial charge in [-0.3, -0.25) is 4.79 Å². The zero-order valence-corrected chi connectivity index (χ0v) is 16.2. The van der Waals surface area contributed by atoms with Gasteiger partial charge in [0.15, 0.2) is 12.0 Å². The highest BCUT2D eigenvalue weighted by Gasteiger charge is 2.12. The number of phenols is 1. The minimum Gasteiger partial charge on any atom is -0.508 e. The summed E-state index contributed by atoms with van der Waals surface area (Å²) in [6.45, 7) is 0.0845. The maximum absolute atomic E-state index is 12.8. The molecule has 0 saturated heterocycles. The standard InChI is InChI=1S/C24H16N2O5/c27-17-8-6-15(7-9-17)20-13-30-21-12-18(10-11-19(21)23(20)28)29-14-22-25-24(26-31-22)16-4-2-1-3-5-16/h1-13,27H,14H2. The van der Waals surface area contributed by atoms with Crippen LogP contribution >= 0.6 is 0 Å². The van der Waals surface area contributed by atoms with Crippen LogP contribution in [0.15, 0.2) is 92.8 Å². The summed E-state index contributed by atoms with van der Waals surface area (Å²) >= 11 is 0. The summed E-state index contributed by atoms with van der Waals surface area (Å²) in [6.07, 6.45) is 1.41. The lowest BCUT2D eigenvalue weighted by Crippen LogP contribution is -2.05. The van der Waals surface area contributed by atoms with Gasteiger partial charge in [0, 0.05) is 11.6 Å². The Morgan fingerprint density at radius 2 is 1.74 bits per heavy atom. The van der Waals surface area contributed by atoms with Gasteiger partial charge in [-0.1, -0.05) is 47.6 Å². The Morgan fingerprint density at radius 3 is 2.55 bits per heavy atom. The van der Waals surface area contributed by atoms with Crippen LogP contribution in [-0.2, 0) is 6.61 Å². The second-order valence-electron chi connectivity index (χ2n) is 6.85. The quantitative estimate of drug-likeness (QED) is 0.443. The van der Waals surface area contributed by atoms with E-state index in [0.717, 1.165) is 5.56 Å². The SMILES string of the molecule is O=c1c(-c2ccc(O)cc2)coc2cc(OCc3nc(-c4ccccc4)no3)ccc12. The molecule has 0 aliphatic rings. The lowest BCUT2D eigenvalue weighted by molar-refractivity contribution is 0.243. The van der Waals surface area contributed by atoms with Crippen molar-refractivity contribution in [1.29, 1.82) is 0 Å². The number of rotatable bonds is 5. The van der Waals surface area contributed by atoms with Gasteiger partial charge in [0.1, 0.15) is 23.3 Å². The molecule has 0 saturated carbocycles. The fourth-order valence-corrected chi connectivity index (χ4v) is 3.20. The number of hydrogen-bond donors (Lipinski definition) is 1. The minimum atomic E-state index is -0.164. The van der Waals surface area contributed by atoms with E-state index in [1.807, 2.05) is 30.3 Å². The average Bonchev–Trinajstić information content (AvgIpc) is 3.28. The van der Waals surface area contributed by atoms with Crippen molar-refractivity contribution in [1.82, 2.24) is 10.1 Å². The maximum atomic E-state index is 12.8. The molecule has 0 amide bonds. The number of benzene rings is 3. The summed E-state index contributed by atoms with van der Waals surface area (Å²) in [4.78, 5) is 17.2. The van der Waals surface area contributed by atoms with E-state index in [9.17, 15) is 9.90 Å². The zero-order chi connectivity index (χ0) is 21.2. The molecule has 0 atom stereocenters. The molecular weight excluding hydrogens is 396 g/mol. The first kappa shape index (κ1) is 18.6. The summed E-state index contributed by atoms with van der Waals surface area (Å²) in [5.41, 5.74) is 2.18. The highest BCUT2D eigenvalue weighted by Crippen LogP contribution is 2.25. The second-order valence-corrected chi connectivity index (χ2v) is 6.85. The molecule has 0 bridgehead atoms. The second kappa shape index (κ2) is 7.79. The molecule has 0 radical (unpaired) electrons. The molecule has 7 nitrogen and oxygen atoms in total. The smallest absolute Gasteiger partial charge is 0.264 e. The monoisotopic (exact) mass is 412 g/mol. The van der Waals surface area contributed by atoms with E-state index in [1.54, 1.807) is 30.3 Å². The topological polar surface area (TPSA) is 98.6 Å². The molecule has 2 heterocycles. The molecule has 0 spiro atoms. The molecule has 3 aromatic carbocycles. The van der Waals surface area contributed by atoms with Gasteiger partial charge in [-0.2, -0.15) is 4.98 Å². The number of phenolic OH excluding ortho intramolecular Hbond substituents is 1. The van der Waals surface area contributed by atoms with E-state index < -0.39 is 0 Å². The Kier molecular flexibility index (Phi) is 4.68. The summed E-state index contributed by atoms with van der Waals surface area (Å²) in [7, 11) is 0. The molecule has 0 unspecified atom stereocenters. The Balaban J connectivity index is 1.36. The molecule has 1 N–H and O–H groups in total. The third kappa shape index (κ3) is 3.76. The van der Waals surface area contributed by atoms with Gasteiger partial charge in [-0.15, -0.1) is 0 Å². The largest absolute Gasteiger partial charge is 0.508 e. The fraction of sp³-hybridized carbons (Fsp3) is 0.0417. The number of aromatic nitrogens is 2. The van der Waals surface area contributed by atoms with Crippen LogP contribution in [-0.4, -0.2) is 15.2 Å². The molecule has 5 aromatic rings. The third-order valence-electron chi connectivity index (χ3n) is 4.79. The van der Waals surface area contributed by atoms with Crippen molar-refractivity contribution in [2.75, 3.05) is 0 Å². The molecule has 152 valence electrons. The van der Waals surface area contributed by atoms with Crippen LogP contribution in [0.25, 0.3) is 33.5 Å². The van der Waals surface area contributed by atoms with Crippen molar-refractivity contribution in [3.8, 4) is 34.0 Å². The molecule has 0 fully saturated rings. The van der Waals surface area contributed by atoms with Crippen LogP contribution in [0, 0.1) is 0 Å². The summed E-state index contributed by atoms with van der Waals surface area (Å²) in [6, 6.07) is 20.9. The number of ether oxygens (including phenoxy) is 1. The van der Waals surface area contributed by atoms with Gasteiger partial charge in [0.25, 0.3) is 5.89 Å². The van der Waals surface area contributed by atoms with Crippen LogP contribution < -0.4 is 10.2 Å². The number of hydrogen-bond acceptors (Lipinski definition) is 7. The van der Waals surface area contributed by atoms with Crippen LogP contribution in [0.5, 0.6) is 11.5 Å². The molecule has 5 rings (SSSR count). The van der Waals surface area contributed by atoms with Gasteiger partial charge in [0.2, 0.25) is 5.82 Å². The lowest BCUT2D eigenvalue weighted by atomic mass is 10.1. The normalized spacial score (nSPS) is 11.0. The Labute approximate surface area is 176 Å². The molecular formula is C24H16N2O5. The zero-order valence-electron chi connectivity index (χ0n) is 16.2. The average molecular weight is 412 g/mol. The first-order chi connectivity index (χ1) is 15.2. The Bertz CT molecular complexity index is 1410. The lowest BCUT2D eigenvalue weighted by Gasteiger charge is -2.06. The summed E-state index contributed by atoms with van der Waals surface area (Å²) in [5, 5.41) is 13.8. The van der Waals surface area contributed by atoms with E-state index in [4.69, 9.17) is 13.7 Å². The maximum Gasteiger partial charge on any atom is 0.264 e. The first-order valence-electron chi connectivity index (χ1n) is 9.53. The van der Waals surface area contributed by atoms with Crippen molar-refractivity contribution in [2.45, 2.75) is 6.61 Å². The molecule has 0 aliphatic heterocycles. The van der Waals surface area contributed by atoms with Gasteiger partial charge < -0.3 is 18.8 Å². The van der Waals surface area contributed by atoms with E-state index in [-0.39, 0.29) is 17.8 Å². The Morgan fingerprint density at radius 1 is 0.935 bits per heavy atom. The van der Waals surface area contributed by atoms with E-state index in [2.05, 4.69) is 10.1 Å². The van der Waals surface area contributed by atoms with Crippen LogP contribution in [0.3, 0.4) is 0 Å². The predicted molar refractivity (Wildman–Crippen MR) is 114 cm³/mol. The van der Waals surface area contributed by atoms with Crippen LogP contribution in [0.4, 0.5) is 0 Å². The summed E-state index contributed by atoms with van der Waals surface area (Å²) < 4.78 is 16.6. The van der Waals surface area contributed by atoms with Crippen molar-refractivity contribution < 1.29 is 18.8 Å². The van der Waals surface area contributed by atoms with Crippen molar-refractivity contribution in [2.24, 2.45) is 0 Å². The van der Waals surface area contributed by atoms with Gasteiger partial charge in [-0.25, -0.2) is 0 Å². The van der Waals surface area contributed by atoms with E-state index >= 15 is 0 Å². The van der Waals surface area contributed by atoms with Crippen LogP contribution in [0.1, 0.15) is 5.89 Å². The van der Waals surface area contributed by atoms with Gasteiger partial charge in [0.05, 0.1) is 10.9 Å². The van der Waals surface area contributed by atoms with Crippen molar-refractivity contribution in [3.05, 3.63) is 95.2 Å². The molecule has 7 heteroatoms. The molecule has 2 aromatic heterocycles. The van der Waals surface area contributed by atoms with E-state index in [0.29, 0.717) is 39.6 Å². The highest BCUT2D eigenvalue weighted by molar-refractivity contribution is 5.82. The van der Waals surface area contributed by atoms with Crippen molar-refractivity contribution in [3.63, 3.8) is 0 Å². The number of fused-ring (bicyclic) bond motifs is 1. The van der Waals surface area contributed by atoms with E-state index in [1.165, 1.54) is 18.4 Å². The number of aromatic hydroxyl groups is 1. The van der Waals surface area contributed by atoms with Crippen molar-refractivity contribution >= 4 is 11.0 Å². The highest BCUT2D eigenvalue weighted by atomic mass is 16.5. The molecule has 0 aliphatic carbocycles. The first-order valence-corrected chi connectivity index (χ1v) is 9.53. The summed E-state index contributed by atoms with van der Waals surface area (Å²) in [5.74, 6) is 1.47. The van der Waals surface area contributed by atoms with Gasteiger partial charge in [-0.05, 0) is 29.8 Å². The fourth-order valence-electron chi connectivity index (χ4n) is 3.20. The van der Waals surface area contributed by atoms with Crippen LogP contribution in [0.2, 0.25) is 0 Å². The minimum absolute atomic E-state index is 0.0845. The predicted octanol–water partition coefficient (Wildman–Crippen LogP) is 4.79. The third-order valence-corrected chi connectivity index (χ3v) is 4.79. The molecule has 31 heavy (non-hydrogen) atoms. The Hall–Kier alpha value is -4.39.